The van der Waals surface area contributed by atoms with Crippen molar-refractivity contribution < 1.29 is 13.9 Å². The van der Waals surface area contributed by atoms with Crippen LogP contribution in [-0.4, -0.2) is 31.2 Å². The molecule has 0 radical (unpaired) electrons. The topological polar surface area (TPSA) is 75.5 Å². The van der Waals surface area contributed by atoms with E-state index in [9.17, 15) is 9.59 Å². The van der Waals surface area contributed by atoms with E-state index in [1.807, 2.05) is 0 Å². The van der Waals surface area contributed by atoms with E-state index in [0.717, 1.165) is 5.69 Å². The molecular weight excluding hydrogens is 236 g/mol. The van der Waals surface area contributed by atoms with Gasteiger partial charge < -0.3 is 14.1 Å². The van der Waals surface area contributed by atoms with Crippen LogP contribution in [0.25, 0.3) is 11.1 Å². The van der Waals surface area contributed by atoms with Crippen LogP contribution < -0.4 is 10.7 Å². The van der Waals surface area contributed by atoms with Crippen LogP contribution in [-0.2, 0) is 9.53 Å². The Hall–Kier alpha value is -2.24. The van der Waals surface area contributed by atoms with Crippen molar-refractivity contribution in [2.45, 2.75) is 6.92 Å². The van der Waals surface area contributed by atoms with E-state index in [-0.39, 0.29) is 12.5 Å². The van der Waals surface area contributed by atoms with Crippen LogP contribution in [0, 0.1) is 0 Å². The highest BCUT2D eigenvalue weighted by molar-refractivity contribution is 5.80. The Balaban J connectivity index is 2.19. The molecule has 2 rings (SSSR count). The van der Waals surface area contributed by atoms with E-state index in [0.29, 0.717) is 17.7 Å². The Morgan fingerprint density at radius 1 is 1.50 bits per heavy atom. The quantitative estimate of drug-likeness (QED) is 0.823. The molecular formula is C12H14N2O4. The molecule has 0 aliphatic carbocycles. The Kier molecular flexibility index (Phi) is 3.36. The average Bonchev–Trinajstić information content (AvgIpc) is 2.68. The van der Waals surface area contributed by atoms with Crippen molar-refractivity contribution in [3.63, 3.8) is 0 Å². The number of likely N-dealkylation sites (N-methyl/N-ethyl adjacent to an activating group) is 1. The van der Waals surface area contributed by atoms with Gasteiger partial charge in [-0.05, 0) is 25.1 Å². The Labute approximate surface area is 103 Å². The molecule has 0 atom stereocenters. The first-order chi connectivity index (χ1) is 8.60. The molecule has 0 saturated carbocycles. The number of oxazole rings is 1. The maximum Gasteiger partial charge on any atom is 0.417 e. The molecule has 1 aromatic heterocycles. The number of carbonyl (C=O) groups excluding carboxylic acids is 1. The summed E-state index contributed by atoms with van der Waals surface area (Å²) in [5, 5.41) is 0. The van der Waals surface area contributed by atoms with E-state index >= 15 is 0 Å². The molecule has 1 aromatic carbocycles. The summed E-state index contributed by atoms with van der Waals surface area (Å²) in [4.78, 5) is 26.7. The largest absolute Gasteiger partial charge is 0.465 e. The number of esters is 1. The molecule has 0 bridgehead atoms. The van der Waals surface area contributed by atoms with Crippen LogP contribution in [0.5, 0.6) is 0 Å². The lowest BCUT2D eigenvalue weighted by molar-refractivity contribution is -0.141. The summed E-state index contributed by atoms with van der Waals surface area (Å²) in [6.07, 6.45) is 0. The maximum atomic E-state index is 11.4. The monoisotopic (exact) mass is 250 g/mol. The molecule has 6 nitrogen and oxygen atoms in total. The van der Waals surface area contributed by atoms with E-state index in [1.165, 1.54) is 0 Å². The van der Waals surface area contributed by atoms with E-state index in [4.69, 9.17) is 9.15 Å². The lowest BCUT2D eigenvalue weighted by Crippen LogP contribution is -2.27. The minimum Gasteiger partial charge on any atom is -0.465 e. The molecule has 6 heteroatoms. The minimum absolute atomic E-state index is 0.154. The van der Waals surface area contributed by atoms with Crippen molar-refractivity contribution in [3.05, 3.63) is 28.7 Å². The predicted octanol–water partition coefficient (Wildman–Crippen LogP) is 1.12. The molecule has 0 fully saturated rings. The number of anilines is 1. The zero-order valence-electron chi connectivity index (χ0n) is 10.2. The number of nitrogens with zero attached hydrogens (tertiary/aromatic N) is 1. The first kappa shape index (κ1) is 12.2. The third-order valence-electron chi connectivity index (χ3n) is 2.51. The molecule has 0 saturated heterocycles. The van der Waals surface area contributed by atoms with Crippen LogP contribution in [0.15, 0.2) is 27.4 Å². The third kappa shape index (κ3) is 2.53. The molecule has 1 heterocycles. The van der Waals surface area contributed by atoms with Gasteiger partial charge >= 0.3 is 11.7 Å². The van der Waals surface area contributed by atoms with Gasteiger partial charge in [-0.1, -0.05) is 0 Å². The standard InChI is InChI=1S/C12H14N2O4/c1-3-17-11(15)7-14(2)8-4-5-10-9(6-8)13-12(16)18-10/h4-6H,3,7H2,1-2H3,(H,13,16). The molecule has 2 aromatic rings. The van der Waals surface area contributed by atoms with Crippen molar-refractivity contribution in [2.24, 2.45) is 0 Å². The second-order valence-electron chi connectivity index (χ2n) is 3.86. The number of fused-ring (bicyclic) bond motifs is 1. The first-order valence-corrected chi connectivity index (χ1v) is 5.60. The average molecular weight is 250 g/mol. The number of nitrogens with one attached hydrogen (secondary N) is 1. The molecule has 0 aliphatic rings. The molecule has 0 unspecified atom stereocenters. The fourth-order valence-electron chi connectivity index (χ4n) is 1.67. The Morgan fingerprint density at radius 3 is 3.00 bits per heavy atom. The number of rotatable bonds is 4. The summed E-state index contributed by atoms with van der Waals surface area (Å²) in [6.45, 7) is 2.28. The molecule has 18 heavy (non-hydrogen) atoms. The van der Waals surface area contributed by atoms with E-state index in [1.54, 1.807) is 37.1 Å². The molecule has 0 amide bonds. The first-order valence-electron chi connectivity index (χ1n) is 5.60. The SMILES string of the molecule is CCOC(=O)CN(C)c1ccc2oc(=O)[nH]c2c1. The summed E-state index contributed by atoms with van der Waals surface area (Å²) < 4.78 is 9.77. The molecule has 96 valence electrons. The summed E-state index contributed by atoms with van der Waals surface area (Å²) in [7, 11) is 1.77. The van der Waals surface area contributed by atoms with Gasteiger partial charge in [-0.25, -0.2) is 4.79 Å². The lowest BCUT2D eigenvalue weighted by atomic mass is 10.2. The number of hydrogen-bond acceptors (Lipinski definition) is 5. The summed E-state index contributed by atoms with van der Waals surface area (Å²) in [6, 6.07) is 5.21. The molecule has 0 spiro atoms. The van der Waals surface area contributed by atoms with Crippen LogP contribution in [0.2, 0.25) is 0 Å². The van der Waals surface area contributed by atoms with Crippen molar-refractivity contribution in [1.29, 1.82) is 0 Å². The number of aromatic nitrogens is 1. The maximum absolute atomic E-state index is 11.4. The molecule has 1 N–H and O–H groups in total. The van der Waals surface area contributed by atoms with Crippen molar-refractivity contribution in [3.8, 4) is 0 Å². The molecule has 0 aliphatic heterocycles. The summed E-state index contributed by atoms with van der Waals surface area (Å²) in [5.74, 6) is -0.782. The summed E-state index contributed by atoms with van der Waals surface area (Å²) >= 11 is 0. The Bertz CT molecular complexity index is 614. The van der Waals surface area contributed by atoms with Gasteiger partial charge in [-0.3, -0.25) is 9.78 Å². The number of aromatic amines is 1. The van der Waals surface area contributed by atoms with Crippen LogP contribution in [0.1, 0.15) is 6.92 Å². The minimum atomic E-state index is -0.491. The third-order valence-corrected chi connectivity index (χ3v) is 2.51. The van der Waals surface area contributed by atoms with Crippen molar-refractivity contribution in [1.82, 2.24) is 4.98 Å². The van der Waals surface area contributed by atoms with Gasteiger partial charge in [0, 0.05) is 12.7 Å². The smallest absolute Gasteiger partial charge is 0.417 e. The normalized spacial score (nSPS) is 10.6. The van der Waals surface area contributed by atoms with Gasteiger partial charge in [0.2, 0.25) is 0 Å². The van der Waals surface area contributed by atoms with Gasteiger partial charge in [-0.2, -0.15) is 0 Å². The number of carbonyl (C=O) groups is 1. The van der Waals surface area contributed by atoms with Gasteiger partial charge in [0.25, 0.3) is 0 Å². The van der Waals surface area contributed by atoms with Gasteiger partial charge in [0.05, 0.1) is 12.1 Å². The lowest BCUT2D eigenvalue weighted by Gasteiger charge is -2.17. The second kappa shape index (κ2) is 4.95. The fourth-order valence-corrected chi connectivity index (χ4v) is 1.67. The fraction of sp³-hybridized carbons (Fsp3) is 0.333. The van der Waals surface area contributed by atoms with Crippen LogP contribution >= 0.6 is 0 Å². The van der Waals surface area contributed by atoms with Crippen LogP contribution in [0.4, 0.5) is 5.69 Å². The van der Waals surface area contributed by atoms with Gasteiger partial charge in [-0.15, -0.1) is 0 Å². The highest BCUT2D eigenvalue weighted by atomic mass is 16.5. The number of ether oxygens (including phenoxy) is 1. The highest BCUT2D eigenvalue weighted by Crippen LogP contribution is 2.18. The zero-order chi connectivity index (χ0) is 13.1. The van der Waals surface area contributed by atoms with Crippen LogP contribution in [0.3, 0.4) is 0 Å². The van der Waals surface area contributed by atoms with Gasteiger partial charge in [0.15, 0.2) is 5.58 Å². The Morgan fingerprint density at radius 2 is 2.28 bits per heavy atom. The van der Waals surface area contributed by atoms with Crippen molar-refractivity contribution in [2.75, 3.05) is 25.1 Å². The number of benzene rings is 1. The predicted molar refractivity (Wildman–Crippen MR) is 66.7 cm³/mol. The summed E-state index contributed by atoms with van der Waals surface area (Å²) in [5.41, 5.74) is 1.90. The van der Waals surface area contributed by atoms with Crippen molar-refractivity contribution >= 4 is 22.8 Å². The zero-order valence-corrected chi connectivity index (χ0v) is 10.2. The van der Waals surface area contributed by atoms with Gasteiger partial charge in [0.1, 0.15) is 6.54 Å². The number of hydrogen-bond donors (Lipinski definition) is 1. The van der Waals surface area contributed by atoms with E-state index < -0.39 is 5.76 Å². The van der Waals surface area contributed by atoms with E-state index in [2.05, 4.69) is 4.98 Å². The highest BCUT2D eigenvalue weighted by Gasteiger charge is 2.09. The number of H-pyrrole nitrogens is 1. The second-order valence-corrected chi connectivity index (χ2v) is 3.86.